The first kappa shape index (κ1) is 29.2. The van der Waals surface area contributed by atoms with Gasteiger partial charge in [0, 0.05) is 44.0 Å². The van der Waals surface area contributed by atoms with Crippen LogP contribution in [0, 0.1) is 0 Å². The second-order valence-corrected chi connectivity index (χ2v) is 12.4. The van der Waals surface area contributed by atoms with Crippen molar-refractivity contribution in [2.75, 3.05) is 63.9 Å². The highest BCUT2D eigenvalue weighted by atomic mass is 32.2. The number of hydrogen-bond acceptors (Lipinski definition) is 9. The minimum atomic E-state index is -1.09. The molecule has 0 saturated carbocycles. The summed E-state index contributed by atoms with van der Waals surface area (Å²) in [5, 5.41) is 33.7. The number of hydrogen-bond donors (Lipinski definition) is 5. The van der Waals surface area contributed by atoms with E-state index in [1.54, 1.807) is 11.8 Å². The summed E-state index contributed by atoms with van der Waals surface area (Å²) >= 11 is 2.62. The van der Waals surface area contributed by atoms with E-state index in [0.29, 0.717) is 22.6 Å². The number of aliphatic hydroxyl groups excluding tert-OH is 1. The Labute approximate surface area is 231 Å². The van der Waals surface area contributed by atoms with Gasteiger partial charge in [0.1, 0.15) is 11.3 Å². The molecule has 5 N–H and O–H groups in total. The molecule has 2 aliphatic rings. The van der Waals surface area contributed by atoms with Gasteiger partial charge in [-0.3, -0.25) is 4.79 Å². The van der Waals surface area contributed by atoms with E-state index < -0.39 is 12.2 Å². The number of likely N-dealkylation sites (tertiary alicyclic amines) is 1. The number of fused-ring (bicyclic) bond motifs is 1. The van der Waals surface area contributed by atoms with Gasteiger partial charge < -0.3 is 40.2 Å². The van der Waals surface area contributed by atoms with E-state index >= 15 is 0 Å². The number of nitrogens with one attached hydrogen (secondary N) is 2. The fourth-order valence-electron chi connectivity index (χ4n) is 5.26. The number of benzene rings is 1. The highest BCUT2D eigenvalue weighted by Gasteiger charge is 2.36. The van der Waals surface area contributed by atoms with Gasteiger partial charge in [0.05, 0.1) is 29.6 Å². The molecule has 1 aromatic heterocycles. The SMILES string of the molecule is O=C(O)N(CCSCCCCCCN1CCC2(CC1)CNCCO2)CC(O)c1ccc(O)c2[nH]c(=O)sc12. The predicted molar refractivity (Wildman–Crippen MR) is 152 cm³/mol. The number of thioether (sulfide) groups is 1. The summed E-state index contributed by atoms with van der Waals surface area (Å²) in [5.74, 6) is 1.57. The van der Waals surface area contributed by atoms with E-state index in [2.05, 4.69) is 15.2 Å². The Morgan fingerprint density at radius 3 is 2.74 bits per heavy atom. The van der Waals surface area contributed by atoms with Crippen LogP contribution >= 0.6 is 23.1 Å². The Kier molecular flexibility index (Phi) is 10.7. The summed E-state index contributed by atoms with van der Waals surface area (Å²) in [5.41, 5.74) is 0.774. The van der Waals surface area contributed by atoms with Crippen LogP contribution in [-0.2, 0) is 4.74 Å². The zero-order valence-corrected chi connectivity index (χ0v) is 23.5. The molecule has 4 rings (SSSR count). The quantitative estimate of drug-likeness (QED) is 0.231. The number of H-pyrrole nitrogens is 1. The van der Waals surface area contributed by atoms with E-state index in [1.807, 2.05) is 0 Å². The summed E-state index contributed by atoms with van der Waals surface area (Å²) < 4.78 is 6.52. The molecule has 2 fully saturated rings. The highest BCUT2D eigenvalue weighted by molar-refractivity contribution is 7.99. The molecule has 38 heavy (non-hydrogen) atoms. The summed E-state index contributed by atoms with van der Waals surface area (Å²) in [6.45, 7) is 6.40. The van der Waals surface area contributed by atoms with Crippen LogP contribution < -0.4 is 10.2 Å². The molecule has 1 amide bonds. The van der Waals surface area contributed by atoms with E-state index in [0.717, 1.165) is 75.7 Å². The number of aliphatic hydroxyl groups is 1. The average molecular weight is 569 g/mol. The second-order valence-electron chi connectivity index (χ2n) is 10.2. The van der Waals surface area contributed by atoms with Gasteiger partial charge in [-0.05, 0) is 44.0 Å². The van der Waals surface area contributed by atoms with E-state index in [1.165, 1.54) is 36.3 Å². The number of nitrogens with zero attached hydrogens (tertiary/aromatic N) is 2. The van der Waals surface area contributed by atoms with Crippen molar-refractivity contribution < 1.29 is 24.9 Å². The van der Waals surface area contributed by atoms with Gasteiger partial charge in [0.15, 0.2) is 0 Å². The number of unbranched alkanes of at least 4 members (excludes halogenated alkanes) is 3. The predicted octanol–water partition coefficient (Wildman–Crippen LogP) is 3.06. The average Bonchev–Trinajstić information content (AvgIpc) is 3.31. The first-order valence-electron chi connectivity index (χ1n) is 13.5. The summed E-state index contributed by atoms with van der Waals surface area (Å²) in [7, 11) is 0. The number of phenols is 1. The van der Waals surface area contributed by atoms with Gasteiger partial charge in [0.2, 0.25) is 0 Å². The first-order chi connectivity index (χ1) is 18.4. The Morgan fingerprint density at radius 1 is 1.21 bits per heavy atom. The fraction of sp³-hybridized carbons (Fsp3) is 0.692. The van der Waals surface area contributed by atoms with Crippen LogP contribution in [0.5, 0.6) is 5.75 Å². The van der Waals surface area contributed by atoms with Crippen molar-refractivity contribution in [2.45, 2.75) is 50.2 Å². The lowest BCUT2D eigenvalue weighted by Crippen LogP contribution is -2.55. The minimum Gasteiger partial charge on any atom is -0.506 e. The Morgan fingerprint density at radius 2 is 2.00 bits per heavy atom. The number of aromatic nitrogens is 1. The zero-order valence-electron chi connectivity index (χ0n) is 21.8. The number of phenolic OH excluding ortho intramolecular Hbond substituents is 1. The van der Waals surface area contributed by atoms with Crippen molar-refractivity contribution >= 4 is 39.4 Å². The van der Waals surface area contributed by atoms with Crippen molar-refractivity contribution in [3.05, 3.63) is 27.4 Å². The van der Waals surface area contributed by atoms with Crippen LogP contribution in [0.1, 0.15) is 50.2 Å². The molecule has 1 aromatic carbocycles. The number of morpholine rings is 1. The molecule has 1 atom stereocenters. The minimum absolute atomic E-state index is 0.0722. The van der Waals surface area contributed by atoms with Crippen LogP contribution in [0.15, 0.2) is 16.9 Å². The number of carboxylic acid groups (broad SMARTS) is 1. The molecule has 0 radical (unpaired) electrons. The molecule has 2 saturated heterocycles. The van der Waals surface area contributed by atoms with Crippen molar-refractivity contribution in [2.24, 2.45) is 0 Å². The molecule has 3 heterocycles. The standard InChI is InChI=1S/C26H40N4O6S2/c31-20-6-5-19(23-22(20)28-24(33)38-23)21(32)17-30(25(34)35)13-16-37-15-4-2-1-3-10-29-11-7-26(8-12-29)18-27-9-14-36-26/h5-6,21,27,31-32H,1-4,7-18H2,(H,28,33)(H,34,35). The maximum Gasteiger partial charge on any atom is 0.407 e. The Balaban J connectivity index is 1.08. The lowest BCUT2D eigenvalue weighted by atomic mass is 9.90. The third-order valence-corrected chi connectivity index (χ3v) is 9.51. The fourth-order valence-corrected chi connectivity index (χ4v) is 7.14. The molecule has 1 unspecified atom stereocenters. The largest absolute Gasteiger partial charge is 0.506 e. The first-order valence-corrected chi connectivity index (χ1v) is 15.5. The molecule has 212 valence electrons. The smallest absolute Gasteiger partial charge is 0.407 e. The number of carbonyl (C=O) groups is 1. The number of aromatic hydroxyl groups is 1. The molecule has 10 nitrogen and oxygen atoms in total. The van der Waals surface area contributed by atoms with Crippen molar-refractivity contribution in [1.82, 2.24) is 20.1 Å². The number of rotatable bonds is 13. The van der Waals surface area contributed by atoms with E-state index in [4.69, 9.17) is 4.74 Å². The molecule has 1 spiro atoms. The van der Waals surface area contributed by atoms with Gasteiger partial charge in [-0.1, -0.05) is 30.2 Å². The topological polar surface area (TPSA) is 138 Å². The van der Waals surface area contributed by atoms with Crippen molar-refractivity contribution in [1.29, 1.82) is 0 Å². The van der Waals surface area contributed by atoms with Gasteiger partial charge >= 0.3 is 11.0 Å². The van der Waals surface area contributed by atoms with Crippen molar-refractivity contribution in [3.8, 4) is 5.75 Å². The second kappa shape index (κ2) is 14.0. The molecule has 2 aliphatic heterocycles. The normalized spacial score (nSPS) is 18.7. The number of ether oxygens (including phenoxy) is 1. The molecule has 0 aliphatic carbocycles. The van der Waals surface area contributed by atoms with Gasteiger partial charge in [0.25, 0.3) is 0 Å². The zero-order chi connectivity index (χ0) is 27.0. The maximum absolute atomic E-state index is 11.7. The summed E-state index contributed by atoms with van der Waals surface area (Å²) in [6.07, 6.45) is 4.76. The Bertz CT molecular complexity index is 1090. The molecule has 0 bridgehead atoms. The van der Waals surface area contributed by atoms with Crippen LogP contribution in [-0.4, -0.2) is 106 Å². The number of amides is 1. The third kappa shape index (κ3) is 7.86. The Hall–Kier alpha value is -1.83. The van der Waals surface area contributed by atoms with Crippen molar-refractivity contribution in [3.63, 3.8) is 0 Å². The van der Waals surface area contributed by atoms with E-state index in [9.17, 15) is 24.9 Å². The monoisotopic (exact) mass is 568 g/mol. The van der Waals surface area contributed by atoms with Gasteiger partial charge in [-0.25, -0.2) is 4.79 Å². The molecule has 2 aromatic rings. The highest BCUT2D eigenvalue weighted by Crippen LogP contribution is 2.32. The molecule has 12 heteroatoms. The molecular formula is C26H40N4O6S2. The number of piperidine rings is 1. The lowest BCUT2D eigenvalue weighted by Gasteiger charge is -2.44. The van der Waals surface area contributed by atoms with Crippen LogP contribution in [0.4, 0.5) is 4.79 Å². The lowest BCUT2D eigenvalue weighted by molar-refractivity contribution is -0.0996. The third-order valence-electron chi connectivity index (χ3n) is 7.53. The maximum atomic E-state index is 11.7. The van der Waals surface area contributed by atoms with Crippen LogP contribution in [0.3, 0.4) is 0 Å². The van der Waals surface area contributed by atoms with E-state index in [-0.39, 0.29) is 28.3 Å². The molecular weight excluding hydrogens is 528 g/mol. The van der Waals surface area contributed by atoms with Crippen LogP contribution in [0.25, 0.3) is 10.2 Å². The number of thiazole rings is 1. The number of aromatic amines is 1. The van der Waals surface area contributed by atoms with Crippen LogP contribution in [0.2, 0.25) is 0 Å². The van der Waals surface area contributed by atoms with Gasteiger partial charge in [-0.15, -0.1) is 0 Å². The summed E-state index contributed by atoms with van der Waals surface area (Å²) in [6, 6.07) is 2.93. The van der Waals surface area contributed by atoms with Gasteiger partial charge in [-0.2, -0.15) is 11.8 Å². The summed E-state index contributed by atoms with van der Waals surface area (Å²) in [4.78, 5) is 29.4.